The molecular weight excluding hydrogens is 423 g/mol. The molecule has 2 heterocycles. The maximum atomic E-state index is 13.6. The van der Waals surface area contributed by atoms with Crippen LogP contribution in [0, 0.1) is 0 Å². The molecule has 5 rings (SSSR count). The van der Waals surface area contributed by atoms with Gasteiger partial charge in [-0.05, 0) is 42.0 Å². The predicted molar refractivity (Wildman–Crippen MR) is 117 cm³/mol. The molecule has 30 heavy (non-hydrogen) atoms. The minimum absolute atomic E-state index is 0.201. The lowest BCUT2D eigenvalue weighted by Crippen LogP contribution is -2.50. The third-order valence-corrected chi connectivity index (χ3v) is 5.89. The molecule has 2 amide bonds. The number of aliphatic hydroxyl groups is 1. The number of halogens is 2. The van der Waals surface area contributed by atoms with Crippen LogP contribution in [0.5, 0.6) is 0 Å². The lowest BCUT2D eigenvalue weighted by atomic mass is 9.80. The van der Waals surface area contributed by atoms with Crippen molar-refractivity contribution in [2.24, 2.45) is 0 Å². The summed E-state index contributed by atoms with van der Waals surface area (Å²) in [5, 5.41) is 14.6. The van der Waals surface area contributed by atoms with Gasteiger partial charge < -0.3 is 10.4 Å². The van der Waals surface area contributed by atoms with Crippen molar-refractivity contribution in [3.8, 4) is 0 Å². The van der Waals surface area contributed by atoms with Crippen molar-refractivity contribution in [3.63, 3.8) is 0 Å². The minimum Gasteiger partial charge on any atom is -0.503 e. The molecule has 2 N–H and O–H groups in total. The van der Waals surface area contributed by atoms with Gasteiger partial charge in [0.2, 0.25) is 0 Å². The van der Waals surface area contributed by atoms with Gasteiger partial charge in [0.25, 0.3) is 11.8 Å². The van der Waals surface area contributed by atoms with E-state index in [0.717, 1.165) is 0 Å². The Balaban J connectivity index is 1.89. The number of nitrogens with zero attached hydrogens (tertiary/aromatic N) is 1. The molecule has 0 radical (unpaired) electrons. The standard InChI is InChI=1S/C23H14Cl2N2O3/c24-14-7-4-8-16(11-14)27-21(29)20(28)19(13-5-2-1-3-6-13)23(27)17-12-15(25)9-10-18(17)26-22(23)30/h1-12,28H,(H,26,30). The van der Waals surface area contributed by atoms with Gasteiger partial charge in [-0.15, -0.1) is 0 Å². The first kappa shape index (κ1) is 18.7. The van der Waals surface area contributed by atoms with E-state index in [-0.39, 0.29) is 5.57 Å². The number of carbonyl (C=O) groups excluding carboxylic acids is 2. The molecule has 5 nitrogen and oxygen atoms in total. The zero-order chi connectivity index (χ0) is 21.0. The summed E-state index contributed by atoms with van der Waals surface area (Å²) >= 11 is 12.5. The molecule has 0 saturated carbocycles. The summed E-state index contributed by atoms with van der Waals surface area (Å²) in [6, 6.07) is 20.5. The smallest absolute Gasteiger partial charge is 0.295 e. The molecule has 3 aromatic rings. The highest BCUT2D eigenvalue weighted by atomic mass is 35.5. The quantitative estimate of drug-likeness (QED) is 0.582. The summed E-state index contributed by atoms with van der Waals surface area (Å²) < 4.78 is 0. The van der Waals surface area contributed by atoms with E-state index in [4.69, 9.17) is 23.2 Å². The van der Waals surface area contributed by atoms with Crippen LogP contribution in [0.25, 0.3) is 5.57 Å². The highest BCUT2D eigenvalue weighted by molar-refractivity contribution is 6.33. The van der Waals surface area contributed by atoms with Crippen LogP contribution in [-0.4, -0.2) is 16.9 Å². The van der Waals surface area contributed by atoms with E-state index < -0.39 is 23.1 Å². The van der Waals surface area contributed by atoms with Crippen LogP contribution >= 0.6 is 23.2 Å². The molecule has 1 spiro atoms. The lowest BCUT2D eigenvalue weighted by Gasteiger charge is -2.35. The van der Waals surface area contributed by atoms with Crippen molar-refractivity contribution in [1.82, 2.24) is 0 Å². The van der Waals surface area contributed by atoms with Crippen molar-refractivity contribution < 1.29 is 14.7 Å². The Morgan fingerprint density at radius 2 is 1.60 bits per heavy atom. The van der Waals surface area contributed by atoms with Crippen LogP contribution in [0.4, 0.5) is 11.4 Å². The van der Waals surface area contributed by atoms with Crippen molar-refractivity contribution in [2.75, 3.05) is 10.2 Å². The van der Waals surface area contributed by atoms with Crippen LogP contribution in [0.1, 0.15) is 11.1 Å². The molecule has 2 aliphatic heterocycles. The molecular formula is C23H14Cl2N2O3. The summed E-state index contributed by atoms with van der Waals surface area (Å²) in [6.07, 6.45) is 0. The molecule has 2 aliphatic rings. The number of hydrogen-bond donors (Lipinski definition) is 2. The molecule has 0 aromatic heterocycles. The largest absolute Gasteiger partial charge is 0.503 e. The Morgan fingerprint density at radius 3 is 2.33 bits per heavy atom. The Bertz CT molecular complexity index is 1260. The highest BCUT2D eigenvalue weighted by Gasteiger charge is 2.62. The van der Waals surface area contributed by atoms with Crippen molar-refractivity contribution in [3.05, 3.63) is 99.7 Å². The van der Waals surface area contributed by atoms with Crippen LogP contribution < -0.4 is 10.2 Å². The second-order valence-corrected chi connectivity index (χ2v) is 7.94. The number of benzene rings is 3. The van der Waals surface area contributed by atoms with Gasteiger partial charge >= 0.3 is 0 Å². The average Bonchev–Trinajstić information content (AvgIpc) is 3.14. The Morgan fingerprint density at radius 1 is 0.867 bits per heavy atom. The number of anilines is 2. The van der Waals surface area contributed by atoms with Gasteiger partial charge in [0.1, 0.15) is 0 Å². The van der Waals surface area contributed by atoms with Gasteiger partial charge in [0, 0.05) is 32.6 Å². The first-order chi connectivity index (χ1) is 14.4. The molecule has 0 fully saturated rings. The molecule has 148 valence electrons. The maximum absolute atomic E-state index is 13.6. The van der Waals surface area contributed by atoms with E-state index in [1.807, 2.05) is 6.07 Å². The molecule has 1 atom stereocenters. The fourth-order valence-electron chi connectivity index (χ4n) is 4.25. The third kappa shape index (κ3) is 2.43. The third-order valence-electron chi connectivity index (χ3n) is 5.42. The van der Waals surface area contributed by atoms with Gasteiger partial charge in [0.15, 0.2) is 11.3 Å². The fraction of sp³-hybridized carbons (Fsp3) is 0.0435. The number of amides is 2. The number of rotatable bonds is 2. The van der Waals surface area contributed by atoms with E-state index in [1.165, 1.54) is 4.90 Å². The average molecular weight is 437 g/mol. The van der Waals surface area contributed by atoms with E-state index in [0.29, 0.717) is 32.5 Å². The van der Waals surface area contributed by atoms with Gasteiger partial charge in [-0.1, -0.05) is 59.6 Å². The van der Waals surface area contributed by atoms with Crippen LogP contribution in [0.2, 0.25) is 10.0 Å². The normalized spacial score (nSPS) is 20.1. The molecule has 0 saturated heterocycles. The summed E-state index contributed by atoms with van der Waals surface area (Å²) in [5.74, 6) is -1.65. The second-order valence-electron chi connectivity index (χ2n) is 7.06. The van der Waals surface area contributed by atoms with Gasteiger partial charge in [-0.2, -0.15) is 0 Å². The van der Waals surface area contributed by atoms with E-state index in [2.05, 4.69) is 5.32 Å². The Kier molecular flexibility index (Phi) is 4.13. The number of nitrogens with one attached hydrogen (secondary N) is 1. The van der Waals surface area contributed by atoms with Crippen molar-refractivity contribution in [2.45, 2.75) is 5.54 Å². The number of carbonyl (C=O) groups is 2. The van der Waals surface area contributed by atoms with E-state index in [1.54, 1.807) is 66.7 Å². The maximum Gasteiger partial charge on any atom is 0.295 e. The van der Waals surface area contributed by atoms with Crippen molar-refractivity contribution >= 4 is 52.0 Å². The molecule has 7 heteroatoms. The SMILES string of the molecule is O=C1C(O)=C(c2ccccc2)C2(C(=O)Nc3ccc(Cl)cc32)N1c1cccc(Cl)c1. The van der Waals surface area contributed by atoms with Gasteiger partial charge in [0.05, 0.1) is 0 Å². The number of hydrogen-bond acceptors (Lipinski definition) is 3. The molecule has 0 bridgehead atoms. The number of fused-ring (bicyclic) bond motifs is 2. The minimum atomic E-state index is -1.63. The fourth-order valence-corrected chi connectivity index (χ4v) is 4.61. The Labute approximate surface area is 182 Å². The first-order valence-electron chi connectivity index (χ1n) is 9.15. The Hall–Kier alpha value is -3.28. The zero-order valence-electron chi connectivity index (χ0n) is 15.4. The van der Waals surface area contributed by atoms with Crippen LogP contribution in [0.15, 0.2) is 78.6 Å². The van der Waals surface area contributed by atoms with Crippen LogP contribution in [0.3, 0.4) is 0 Å². The summed E-state index contributed by atoms with van der Waals surface area (Å²) in [4.78, 5) is 28.2. The highest BCUT2D eigenvalue weighted by Crippen LogP contribution is 2.55. The molecule has 1 unspecified atom stereocenters. The number of aliphatic hydroxyl groups excluding tert-OH is 1. The van der Waals surface area contributed by atoms with Gasteiger partial charge in [-0.3, -0.25) is 14.5 Å². The second kappa shape index (κ2) is 6.62. The summed E-state index contributed by atoms with van der Waals surface area (Å²) in [5.41, 5.74) is 0.506. The van der Waals surface area contributed by atoms with E-state index in [9.17, 15) is 14.7 Å². The monoisotopic (exact) mass is 436 g/mol. The topological polar surface area (TPSA) is 69.6 Å². The molecule has 0 aliphatic carbocycles. The summed E-state index contributed by atoms with van der Waals surface area (Å²) in [6.45, 7) is 0. The predicted octanol–water partition coefficient (Wildman–Crippen LogP) is 5.16. The summed E-state index contributed by atoms with van der Waals surface area (Å²) in [7, 11) is 0. The van der Waals surface area contributed by atoms with E-state index >= 15 is 0 Å². The molecule has 3 aromatic carbocycles. The van der Waals surface area contributed by atoms with Gasteiger partial charge in [-0.25, -0.2) is 0 Å². The van der Waals surface area contributed by atoms with Crippen molar-refractivity contribution in [1.29, 1.82) is 0 Å². The zero-order valence-corrected chi connectivity index (χ0v) is 16.9. The van der Waals surface area contributed by atoms with Crippen LogP contribution in [-0.2, 0) is 15.1 Å². The lowest BCUT2D eigenvalue weighted by molar-refractivity contribution is -0.123. The first-order valence-corrected chi connectivity index (χ1v) is 9.91.